The van der Waals surface area contributed by atoms with Crippen LogP contribution in [0, 0.1) is 17.3 Å². The molecule has 4 heteroatoms. The van der Waals surface area contributed by atoms with E-state index in [1.165, 1.54) is 5.57 Å². The van der Waals surface area contributed by atoms with Gasteiger partial charge in [0.2, 0.25) is 0 Å². The van der Waals surface area contributed by atoms with Crippen LogP contribution in [0.3, 0.4) is 0 Å². The number of ketones is 2. The lowest BCUT2D eigenvalue weighted by molar-refractivity contribution is -0.175. The topological polar surface area (TPSA) is 52.6 Å². The summed E-state index contributed by atoms with van der Waals surface area (Å²) < 4.78 is 12.3. The highest BCUT2D eigenvalue weighted by Crippen LogP contribution is 2.57. The van der Waals surface area contributed by atoms with Crippen LogP contribution in [0.4, 0.5) is 0 Å². The second-order valence-corrected chi connectivity index (χ2v) is 10.2. The number of carbonyl (C=O) groups excluding carboxylic acids is 2. The summed E-state index contributed by atoms with van der Waals surface area (Å²) in [6.07, 6.45) is 6.57. The molecular formula is C23H34O4. The normalized spacial score (nSPS) is 43.8. The van der Waals surface area contributed by atoms with E-state index in [1.54, 1.807) is 0 Å². The number of allylic oxidation sites excluding steroid dienone is 2. The third kappa shape index (κ3) is 3.04. The van der Waals surface area contributed by atoms with Gasteiger partial charge in [0.15, 0.2) is 11.6 Å². The van der Waals surface area contributed by atoms with Gasteiger partial charge in [-0.25, -0.2) is 0 Å². The van der Waals surface area contributed by atoms with Gasteiger partial charge in [0.1, 0.15) is 5.78 Å². The highest BCUT2D eigenvalue weighted by Gasteiger charge is 2.54. The summed E-state index contributed by atoms with van der Waals surface area (Å²) in [4.78, 5) is 25.2. The lowest BCUT2D eigenvalue weighted by Crippen LogP contribution is -2.41. The molecule has 0 aromatic rings. The zero-order valence-corrected chi connectivity index (χ0v) is 17.5. The van der Waals surface area contributed by atoms with Crippen molar-refractivity contribution < 1.29 is 19.1 Å². The first-order chi connectivity index (χ1) is 12.6. The van der Waals surface area contributed by atoms with E-state index in [1.807, 2.05) is 13.8 Å². The van der Waals surface area contributed by atoms with E-state index in [0.29, 0.717) is 36.2 Å². The molecule has 4 nitrogen and oxygen atoms in total. The molecule has 1 saturated heterocycles. The lowest BCUT2D eigenvalue weighted by Gasteiger charge is -2.45. The van der Waals surface area contributed by atoms with E-state index >= 15 is 0 Å². The van der Waals surface area contributed by atoms with E-state index in [9.17, 15) is 9.59 Å². The van der Waals surface area contributed by atoms with Crippen molar-refractivity contribution >= 4 is 11.6 Å². The van der Waals surface area contributed by atoms with Crippen LogP contribution < -0.4 is 0 Å². The van der Waals surface area contributed by atoms with Gasteiger partial charge in [0.25, 0.3) is 0 Å². The highest BCUT2D eigenvalue weighted by atomic mass is 16.8. The van der Waals surface area contributed by atoms with Gasteiger partial charge in [-0.1, -0.05) is 12.5 Å². The molecule has 0 aromatic heterocycles. The molecule has 0 N–H and O–H groups in total. The van der Waals surface area contributed by atoms with Crippen molar-refractivity contribution in [3.63, 3.8) is 0 Å². The van der Waals surface area contributed by atoms with Crippen molar-refractivity contribution in [1.29, 1.82) is 0 Å². The summed E-state index contributed by atoms with van der Waals surface area (Å²) in [6, 6.07) is 0. The predicted octanol–water partition coefficient (Wildman–Crippen LogP) is 4.75. The molecule has 0 bridgehead atoms. The molecule has 5 atom stereocenters. The Labute approximate surface area is 163 Å². The minimum absolute atomic E-state index is 0.0369. The number of fused-ring (bicyclic) bond motifs is 3. The van der Waals surface area contributed by atoms with Crippen LogP contribution in [0.1, 0.15) is 86.0 Å². The predicted molar refractivity (Wildman–Crippen MR) is 103 cm³/mol. The molecule has 3 fully saturated rings. The molecule has 1 aliphatic heterocycles. The molecule has 150 valence electrons. The fraction of sp³-hybridized carbons (Fsp3) is 0.826. The van der Waals surface area contributed by atoms with E-state index in [-0.39, 0.29) is 17.1 Å². The zero-order chi connectivity index (χ0) is 19.6. The minimum Gasteiger partial charge on any atom is -0.344 e. The lowest BCUT2D eigenvalue weighted by atomic mass is 9.58. The van der Waals surface area contributed by atoms with Gasteiger partial charge in [-0.2, -0.15) is 0 Å². The first-order valence-corrected chi connectivity index (χ1v) is 10.7. The van der Waals surface area contributed by atoms with Gasteiger partial charge in [-0.05, 0) is 77.2 Å². The van der Waals surface area contributed by atoms with Gasteiger partial charge >= 0.3 is 0 Å². The Kier molecular flexibility index (Phi) is 4.47. The van der Waals surface area contributed by atoms with Crippen LogP contribution in [0.15, 0.2) is 11.1 Å². The molecule has 3 aliphatic carbocycles. The Bertz CT molecular complexity index is 705. The van der Waals surface area contributed by atoms with Crippen molar-refractivity contribution in [3.05, 3.63) is 11.1 Å². The smallest absolute Gasteiger partial charge is 0.167 e. The maximum atomic E-state index is 12.8. The van der Waals surface area contributed by atoms with Crippen molar-refractivity contribution in [3.8, 4) is 0 Å². The van der Waals surface area contributed by atoms with Gasteiger partial charge < -0.3 is 9.47 Å². The number of Topliss-reactive ketones (excluding diaryl/α,β-unsaturated/α-hetero) is 2. The fourth-order valence-electron chi connectivity index (χ4n) is 6.20. The van der Waals surface area contributed by atoms with Crippen molar-refractivity contribution in [1.82, 2.24) is 0 Å². The van der Waals surface area contributed by atoms with E-state index < -0.39 is 5.79 Å². The summed E-state index contributed by atoms with van der Waals surface area (Å²) in [7, 11) is 0. The minimum atomic E-state index is -0.629. The third-order valence-corrected chi connectivity index (χ3v) is 8.10. The molecule has 1 heterocycles. The molecule has 0 aromatic carbocycles. The highest BCUT2D eigenvalue weighted by molar-refractivity contribution is 5.97. The Morgan fingerprint density at radius 2 is 1.78 bits per heavy atom. The summed E-state index contributed by atoms with van der Waals surface area (Å²) in [5.74, 6) is 0.988. The third-order valence-electron chi connectivity index (χ3n) is 8.10. The van der Waals surface area contributed by atoms with Crippen LogP contribution >= 0.6 is 0 Å². The Morgan fingerprint density at radius 3 is 2.44 bits per heavy atom. The monoisotopic (exact) mass is 374 g/mol. The molecule has 2 unspecified atom stereocenters. The maximum absolute atomic E-state index is 12.8. The van der Waals surface area contributed by atoms with Crippen LogP contribution in [-0.4, -0.2) is 29.1 Å². The molecule has 2 saturated carbocycles. The number of hydrogen-bond donors (Lipinski definition) is 0. The number of carbonyl (C=O) groups is 2. The van der Waals surface area contributed by atoms with Crippen LogP contribution in [0.2, 0.25) is 0 Å². The van der Waals surface area contributed by atoms with Crippen molar-refractivity contribution in [2.45, 2.75) is 103 Å². The van der Waals surface area contributed by atoms with Gasteiger partial charge in [0, 0.05) is 24.7 Å². The standard InChI is InChI=1S/C23H34O4/c1-14-21(2,3)27-23(5,26-14)13-11-17-15-10-12-22(4)18(7-9-20(22)25)16(15)6-8-19(17)24/h14,16,18H,6-13H2,1-5H3/t14?,16-,18+,22+,23?/m1/s1. The largest absolute Gasteiger partial charge is 0.344 e. The second kappa shape index (κ2) is 6.25. The summed E-state index contributed by atoms with van der Waals surface area (Å²) >= 11 is 0. The molecule has 27 heavy (non-hydrogen) atoms. The van der Waals surface area contributed by atoms with Crippen LogP contribution in [-0.2, 0) is 19.1 Å². The quantitative estimate of drug-likeness (QED) is 0.715. The van der Waals surface area contributed by atoms with E-state index in [0.717, 1.165) is 44.1 Å². The van der Waals surface area contributed by atoms with E-state index in [2.05, 4.69) is 20.8 Å². The van der Waals surface area contributed by atoms with Crippen molar-refractivity contribution in [2.24, 2.45) is 17.3 Å². The van der Waals surface area contributed by atoms with Gasteiger partial charge in [0.05, 0.1) is 11.7 Å². The van der Waals surface area contributed by atoms with Crippen LogP contribution in [0.5, 0.6) is 0 Å². The first kappa shape index (κ1) is 19.3. The second-order valence-electron chi connectivity index (χ2n) is 10.2. The number of rotatable bonds is 3. The fourth-order valence-corrected chi connectivity index (χ4v) is 6.20. The summed E-state index contributed by atoms with van der Waals surface area (Å²) in [6.45, 7) is 10.3. The zero-order valence-electron chi connectivity index (χ0n) is 17.5. The average Bonchev–Trinajstić information content (AvgIpc) is 2.99. The van der Waals surface area contributed by atoms with Crippen molar-refractivity contribution in [2.75, 3.05) is 0 Å². The van der Waals surface area contributed by atoms with E-state index in [4.69, 9.17) is 9.47 Å². The number of ether oxygens (including phenoxy) is 2. The van der Waals surface area contributed by atoms with Gasteiger partial charge in [-0.3, -0.25) is 9.59 Å². The molecule has 0 amide bonds. The molecule has 4 aliphatic rings. The molecule has 0 spiro atoms. The molecule has 0 radical (unpaired) electrons. The Hall–Kier alpha value is -1.00. The average molecular weight is 375 g/mol. The van der Waals surface area contributed by atoms with Gasteiger partial charge in [-0.15, -0.1) is 0 Å². The number of hydrogen-bond acceptors (Lipinski definition) is 4. The SMILES string of the molecule is CC1OC(C)(CCC2=C3CC[C@]4(C)C(=O)CC[C@H]4[C@@H]3CCC2=O)OC1(C)C. The molecule has 4 rings (SSSR count). The summed E-state index contributed by atoms with van der Waals surface area (Å²) in [5, 5.41) is 0. The molecular weight excluding hydrogens is 340 g/mol. The Morgan fingerprint density at radius 1 is 1.04 bits per heavy atom. The maximum Gasteiger partial charge on any atom is 0.167 e. The summed E-state index contributed by atoms with van der Waals surface area (Å²) in [5.41, 5.74) is 1.93. The first-order valence-electron chi connectivity index (χ1n) is 10.7. The Balaban J connectivity index is 1.55. The van der Waals surface area contributed by atoms with Crippen LogP contribution in [0.25, 0.3) is 0 Å².